The molecule has 0 amide bonds. The van der Waals surface area contributed by atoms with Crippen LogP contribution in [-0.4, -0.2) is 17.5 Å². The van der Waals surface area contributed by atoms with Gasteiger partial charge in [0.25, 0.3) is 0 Å². The highest BCUT2D eigenvalue weighted by atomic mass is 16.5. The molecular weight excluding hydrogens is 524 g/mol. The van der Waals surface area contributed by atoms with Crippen molar-refractivity contribution in [1.82, 2.24) is 10.3 Å². The Balaban J connectivity index is 1.40. The summed E-state index contributed by atoms with van der Waals surface area (Å²) in [6, 6.07) is 35.7. The van der Waals surface area contributed by atoms with Gasteiger partial charge >= 0.3 is 5.97 Å². The van der Waals surface area contributed by atoms with Crippen LogP contribution in [0.3, 0.4) is 0 Å². The number of pyridine rings is 1. The van der Waals surface area contributed by atoms with Crippen LogP contribution in [-0.2, 0) is 24.6 Å². The van der Waals surface area contributed by atoms with Crippen LogP contribution in [0.5, 0.6) is 11.5 Å². The summed E-state index contributed by atoms with van der Waals surface area (Å²) in [6.45, 7) is 1.86. The molecule has 2 heterocycles. The van der Waals surface area contributed by atoms with E-state index in [2.05, 4.69) is 17.4 Å². The monoisotopic (exact) mass is 558 g/mol. The number of ether oxygens (including phenoxy) is 3. The normalized spacial score (nSPS) is 14.8. The van der Waals surface area contributed by atoms with Gasteiger partial charge in [0.2, 0.25) is 0 Å². The molecule has 1 aliphatic heterocycles. The third-order valence-corrected chi connectivity index (χ3v) is 7.47. The predicted octanol–water partition coefficient (Wildman–Crippen LogP) is 7.56. The number of rotatable bonds is 10. The minimum atomic E-state index is -0.516. The number of fused-ring (bicyclic) bond motifs is 1. The Morgan fingerprint density at radius 2 is 1.31 bits per heavy atom. The largest absolute Gasteiger partial charge is 0.488 e. The van der Waals surface area contributed by atoms with E-state index in [4.69, 9.17) is 19.2 Å². The van der Waals surface area contributed by atoms with Gasteiger partial charge in [0.1, 0.15) is 36.8 Å². The number of nitrogens with one attached hydrogen (secondary N) is 1. The molecule has 42 heavy (non-hydrogen) atoms. The van der Waals surface area contributed by atoms with Crippen LogP contribution in [0.15, 0.2) is 109 Å². The van der Waals surface area contributed by atoms with E-state index in [-0.39, 0.29) is 18.3 Å². The predicted molar refractivity (Wildman–Crippen MR) is 163 cm³/mol. The maximum atomic E-state index is 13.3. The Morgan fingerprint density at radius 1 is 0.714 bits per heavy atom. The topological polar surface area (TPSA) is 69.7 Å². The van der Waals surface area contributed by atoms with Gasteiger partial charge in [-0.2, -0.15) is 0 Å². The van der Waals surface area contributed by atoms with Crippen molar-refractivity contribution < 1.29 is 19.0 Å². The fraction of sp³-hybridized carbons (Fsp3) is 0.222. The van der Waals surface area contributed by atoms with Gasteiger partial charge in [-0.15, -0.1) is 0 Å². The van der Waals surface area contributed by atoms with E-state index in [1.807, 2.05) is 91.0 Å². The van der Waals surface area contributed by atoms with Crippen LogP contribution in [0.1, 0.15) is 58.0 Å². The van der Waals surface area contributed by atoms with Crippen molar-refractivity contribution in [3.8, 4) is 11.5 Å². The highest BCUT2D eigenvalue weighted by molar-refractivity contribution is 5.96. The molecule has 0 bridgehead atoms. The van der Waals surface area contributed by atoms with E-state index >= 15 is 0 Å². The molecule has 4 aromatic carbocycles. The number of esters is 1. The van der Waals surface area contributed by atoms with E-state index < -0.39 is 5.97 Å². The number of hydrogen-bond donors (Lipinski definition) is 1. The Kier molecular flexibility index (Phi) is 8.72. The second-order valence-corrected chi connectivity index (χ2v) is 10.5. The van der Waals surface area contributed by atoms with Gasteiger partial charge < -0.3 is 19.5 Å². The van der Waals surface area contributed by atoms with Crippen molar-refractivity contribution in [2.75, 3.05) is 6.54 Å². The van der Waals surface area contributed by atoms with Crippen LogP contribution in [0.2, 0.25) is 0 Å². The van der Waals surface area contributed by atoms with Gasteiger partial charge in [0.15, 0.2) is 5.69 Å². The first-order valence-electron chi connectivity index (χ1n) is 14.5. The summed E-state index contributed by atoms with van der Waals surface area (Å²) in [4.78, 5) is 18.1. The molecule has 1 atom stereocenters. The first-order valence-corrected chi connectivity index (χ1v) is 14.5. The molecule has 1 aliphatic rings. The first-order chi connectivity index (χ1) is 20.7. The second kappa shape index (κ2) is 13.3. The molecule has 0 aliphatic carbocycles. The van der Waals surface area contributed by atoms with Gasteiger partial charge in [-0.3, -0.25) is 0 Å². The molecule has 1 N–H and O–H groups in total. The number of hydrogen-bond acceptors (Lipinski definition) is 6. The Bertz CT molecular complexity index is 1620. The number of aromatic nitrogens is 1. The smallest absolute Gasteiger partial charge is 0.357 e. The molecule has 1 aromatic heterocycles. The van der Waals surface area contributed by atoms with Gasteiger partial charge in [-0.05, 0) is 53.8 Å². The number of benzene rings is 4. The van der Waals surface area contributed by atoms with Crippen molar-refractivity contribution in [1.29, 1.82) is 0 Å². The molecule has 1 unspecified atom stereocenters. The molecule has 212 valence electrons. The van der Waals surface area contributed by atoms with Gasteiger partial charge in [-0.25, -0.2) is 9.78 Å². The van der Waals surface area contributed by atoms with Crippen LogP contribution in [0.4, 0.5) is 0 Å². The van der Waals surface area contributed by atoms with E-state index in [0.29, 0.717) is 30.2 Å². The van der Waals surface area contributed by atoms with Gasteiger partial charge in [0, 0.05) is 17.5 Å². The highest BCUT2D eigenvalue weighted by Crippen LogP contribution is 2.37. The lowest BCUT2D eigenvalue weighted by molar-refractivity contribution is 0.0465. The number of carbonyl (C=O) groups excluding carboxylic acids is 1. The Labute approximate surface area is 246 Å². The minimum absolute atomic E-state index is 0.156. The molecule has 0 spiro atoms. The van der Waals surface area contributed by atoms with E-state index in [9.17, 15) is 4.79 Å². The zero-order valence-corrected chi connectivity index (χ0v) is 23.5. The zero-order valence-electron chi connectivity index (χ0n) is 23.5. The van der Waals surface area contributed by atoms with E-state index in [1.165, 1.54) is 6.42 Å². The van der Waals surface area contributed by atoms with Crippen LogP contribution in [0.25, 0.3) is 10.9 Å². The Hall–Kier alpha value is -4.68. The quantitative estimate of drug-likeness (QED) is 0.178. The van der Waals surface area contributed by atoms with Crippen molar-refractivity contribution in [3.63, 3.8) is 0 Å². The molecule has 1 fully saturated rings. The summed E-state index contributed by atoms with van der Waals surface area (Å²) in [5.41, 5.74) is 4.85. The number of carbonyl (C=O) groups is 1. The van der Waals surface area contributed by atoms with Crippen LogP contribution in [0, 0.1) is 0 Å². The fourth-order valence-electron chi connectivity index (χ4n) is 5.23. The fourth-order valence-corrected chi connectivity index (χ4v) is 5.23. The lowest BCUT2D eigenvalue weighted by Crippen LogP contribution is -2.26. The van der Waals surface area contributed by atoms with Crippen LogP contribution < -0.4 is 14.8 Å². The maximum absolute atomic E-state index is 13.3. The molecular formula is C36H34N2O4. The van der Waals surface area contributed by atoms with Crippen molar-refractivity contribution in [2.45, 2.75) is 45.1 Å². The summed E-state index contributed by atoms with van der Waals surface area (Å²) in [5, 5.41) is 4.45. The number of piperidine rings is 1. The molecule has 6 nitrogen and oxygen atoms in total. The third-order valence-electron chi connectivity index (χ3n) is 7.47. The summed E-state index contributed by atoms with van der Waals surface area (Å²) >= 11 is 0. The van der Waals surface area contributed by atoms with Gasteiger partial charge in [-0.1, -0.05) is 97.4 Å². The molecule has 6 rings (SSSR count). The minimum Gasteiger partial charge on any atom is -0.488 e. The average molecular weight is 559 g/mol. The number of nitrogens with zero attached hydrogens (tertiary/aromatic N) is 1. The summed E-state index contributed by atoms with van der Waals surface area (Å²) in [7, 11) is 0. The van der Waals surface area contributed by atoms with E-state index in [0.717, 1.165) is 47.0 Å². The van der Waals surface area contributed by atoms with Crippen molar-refractivity contribution in [3.05, 3.63) is 137 Å². The van der Waals surface area contributed by atoms with Gasteiger partial charge in [0.05, 0.1) is 0 Å². The summed E-state index contributed by atoms with van der Waals surface area (Å²) in [6.07, 6.45) is 3.38. The average Bonchev–Trinajstić information content (AvgIpc) is 3.06. The first kappa shape index (κ1) is 27.5. The van der Waals surface area contributed by atoms with Crippen molar-refractivity contribution >= 4 is 16.9 Å². The Morgan fingerprint density at radius 3 is 1.90 bits per heavy atom. The molecule has 0 saturated carbocycles. The zero-order chi connectivity index (χ0) is 28.6. The van der Waals surface area contributed by atoms with E-state index in [1.54, 1.807) is 6.07 Å². The second-order valence-electron chi connectivity index (χ2n) is 10.5. The lowest BCUT2D eigenvalue weighted by Gasteiger charge is -2.25. The lowest BCUT2D eigenvalue weighted by atomic mass is 9.95. The molecule has 1 saturated heterocycles. The maximum Gasteiger partial charge on any atom is 0.357 e. The molecule has 6 heteroatoms. The van der Waals surface area contributed by atoms with Crippen molar-refractivity contribution in [2.24, 2.45) is 0 Å². The molecule has 0 radical (unpaired) electrons. The highest BCUT2D eigenvalue weighted by Gasteiger charge is 2.22. The standard InChI is InChI=1S/C36H34N2O4/c39-36(42-25-28-16-8-3-9-17-28)32-22-33(40-23-26-12-4-1-5-13-26)30-20-29(31-18-10-11-19-37-31)21-34(35(30)38-32)41-24-27-14-6-2-7-15-27/h1-9,12-17,20-22,31,37H,10-11,18-19,23-25H2. The summed E-state index contributed by atoms with van der Waals surface area (Å²) in [5.74, 6) is 0.663. The van der Waals surface area contributed by atoms with Crippen LogP contribution >= 0.6 is 0 Å². The third kappa shape index (κ3) is 6.78. The molecule has 5 aromatic rings. The summed E-state index contributed by atoms with van der Waals surface area (Å²) < 4.78 is 18.5. The SMILES string of the molecule is O=C(OCc1ccccc1)c1cc(OCc2ccccc2)c2cc(C3CCCCN3)cc(OCc3ccccc3)c2n1.